The molecule has 0 aliphatic carbocycles. The van der Waals surface area contributed by atoms with Gasteiger partial charge in [-0.25, -0.2) is 9.48 Å². The number of hydrogen-bond acceptors (Lipinski definition) is 2. The summed E-state index contributed by atoms with van der Waals surface area (Å²) in [5.41, 5.74) is 1.62. The van der Waals surface area contributed by atoms with Crippen LogP contribution in [0, 0.1) is 0 Å². The molecule has 2 aromatic rings. The van der Waals surface area contributed by atoms with Crippen molar-refractivity contribution >= 4 is 23.3 Å². The minimum Gasteiger partial charge on any atom is -0.338 e. The largest absolute Gasteiger partial charge is 0.338 e. The first-order chi connectivity index (χ1) is 9.69. The highest BCUT2D eigenvalue weighted by atomic mass is 35.5. The zero-order chi connectivity index (χ0) is 14.4. The van der Waals surface area contributed by atoms with Crippen molar-refractivity contribution in [2.45, 2.75) is 19.8 Å². The maximum absolute atomic E-state index is 11.6. The molecule has 2 rings (SSSR count). The Labute approximate surface area is 122 Å². The first-order valence-corrected chi connectivity index (χ1v) is 6.92. The zero-order valence-corrected chi connectivity index (χ0v) is 12.0. The van der Waals surface area contributed by atoms with E-state index in [9.17, 15) is 4.79 Å². The van der Waals surface area contributed by atoms with Gasteiger partial charge in [0.25, 0.3) is 0 Å². The molecule has 0 spiro atoms. The minimum atomic E-state index is -0.187. The van der Waals surface area contributed by atoms with E-state index >= 15 is 0 Å². The van der Waals surface area contributed by atoms with Crippen LogP contribution in [-0.2, 0) is 0 Å². The Kier molecular flexibility index (Phi) is 5.01. The topological polar surface area (TPSA) is 59.0 Å². The van der Waals surface area contributed by atoms with Gasteiger partial charge in [0.15, 0.2) is 0 Å². The highest BCUT2D eigenvalue weighted by Crippen LogP contribution is 2.15. The van der Waals surface area contributed by atoms with E-state index in [4.69, 9.17) is 11.6 Å². The second-order valence-electron chi connectivity index (χ2n) is 4.38. The Morgan fingerprint density at radius 1 is 1.35 bits per heavy atom. The van der Waals surface area contributed by atoms with E-state index in [0.717, 1.165) is 24.2 Å². The molecule has 0 atom stereocenters. The lowest BCUT2D eigenvalue weighted by Crippen LogP contribution is -2.29. The number of carbonyl (C=O) groups is 1. The summed E-state index contributed by atoms with van der Waals surface area (Å²) in [5.74, 6) is 0. The number of nitrogens with zero attached hydrogens (tertiary/aromatic N) is 2. The smallest absolute Gasteiger partial charge is 0.319 e. The molecule has 0 saturated carbocycles. The van der Waals surface area contributed by atoms with E-state index in [1.807, 2.05) is 24.3 Å². The van der Waals surface area contributed by atoms with Crippen LogP contribution in [0.3, 0.4) is 0 Å². The predicted molar refractivity (Wildman–Crippen MR) is 80.5 cm³/mol. The van der Waals surface area contributed by atoms with Gasteiger partial charge in [-0.3, -0.25) is 0 Å². The normalized spacial score (nSPS) is 10.3. The van der Waals surface area contributed by atoms with Gasteiger partial charge in [0.05, 0.1) is 16.9 Å². The van der Waals surface area contributed by atoms with Gasteiger partial charge in [-0.2, -0.15) is 5.10 Å². The van der Waals surface area contributed by atoms with Crippen molar-refractivity contribution < 1.29 is 4.79 Å². The molecule has 0 saturated heterocycles. The number of benzene rings is 1. The second-order valence-corrected chi connectivity index (χ2v) is 4.82. The maximum atomic E-state index is 11.6. The van der Waals surface area contributed by atoms with Crippen LogP contribution in [0.1, 0.15) is 19.8 Å². The number of anilines is 1. The van der Waals surface area contributed by atoms with Crippen molar-refractivity contribution in [1.82, 2.24) is 15.1 Å². The fourth-order valence-corrected chi connectivity index (χ4v) is 1.83. The SMILES string of the molecule is CCCCNC(=O)Nc1ccc(-n2cc(Cl)cn2)cc1. The average Bonchev–Trinajstić information content (AvgIpc) is 2.86. The first-order valence-electron chi connectivity index (χ1n) is 6.54. The van der Waals surface area contributed by atoms with Gasteiger partial charge in [0, 0.05) is 18.4 Å². The lowest BCUT2D eigenvalue weighted by atomic mass is 10.3. The number of nitrogens with one attached hydrogen (secondary N) is 2. The van der Waals surface area contributed by atoms with Crippen LogP contribution in [0.5, 0.6) is 0 Å². The summed E-state index contributed by atoms with van der Waals surface area (Å²) in [6.07, 6.45) is 5.34. The summed E-state index contributed by atoms with van der Waals surface area (Å²) < 4.78 is 1.67. The van der Waals surface area contributed by atoms with Crippen molar-refractivity contribution in [2.75, 3.05) is 11.9 Å². The first kappa shape index (κ1) is 14.4. The molecule has 0 aliphatic rings. The van der Waals surface area contributed by atoms with Crippen molar-refractivity contribution in [3.63, 3.8) is 0 Å². The molecule has 5 nitrogen and oxygen atoms in total. The van der Waals surface area contributed by atoms with Gasteiger partial charge in [-0.15, -0.1) is 0 Å². The molecule has 6 heteroatoms. The molecule has 0 bridgehead atoms. The van der Waals surface area contributed by atoms with Crippen molar-refractivity contribution in [3.05, 3.63) is 41.7 Å². The van der Waals surface area contributed by atoms with E-state index < -0.39 is 0 Å². The van der Waals surface area contributed by atoms with Gasteiger partial charge in [-0.1, -0.05) is 24.9 Å². The minimum absolute atomic E-state index is 0.187. The number of unbranched alkanes of at least 4 members (excludes halogenated alkanes) is 1. The van der Waals surface area contributed by atoms with Crippen LogP contribution in [0.15, 0.2) is 36.7 Å². The number of amides is 2. The van der Waals surface area contributed by atoms with E-state index in [2.05, 4.69) is 22.7 Å². The number of rotatable bonds is 5. The molecule has 0 radical (unpaired) electrons. The van der Waals surface area contributed by atoms with Gasteiger partial charge in [0.1, 0.15) is 0 Å². The Morgan fingerprint density at radius 2 is 2.10 bits per heavy atom. The van der Waals surface area contributed by atoms with Crippen molar-refractivity contribution in [3.8, 4) is 5.69 Å². The predicted octanol–water partition coefficient (Wildman–Crippen LogP) is 3.45. The molecular weight excluding hydrogens is 276 g/mol. The summed E-state index contributed by atoms with van der Waals surface area (Å²) in [5, 5.41) is 10.3. The third-order valence-electron chi connectivity index (χ3n) is 2.76. The summed E-state index contributed by atoms with van der Waals surface area (Å²) in [6.45, 7) is 2.77. The van der Waals surface area contributed by atoms with Crippen LogP contribution >= 0.6 is 11.6 Å². The Hall–Kier alpha value is -2.01. The molecule has 1 heterocycles. The van der Waals surface area contributed by atoms with Crippen molar-refractivity contribution in [1.29, 1.82) is 0 Å². The van der Waals surface area contributed by atoms with Gasteiger partial charge >= 0.3 is 6.03 Å². The number of aromatic nitrogens is 2. The Balaban J connectivity index is 1.93. The van der Waals surface area contributed by atoms with Crippen LogP contribution in [-0.4, -0.2) is 22.4 Å². The summed E-state index contributed by atoms with van der Waals surface area (Å²) in [7, 11) is 0. The molecule has 0 unspecified atom stereocenters. The van der Waals surface area contributed by atoms with Gasteiger partial charge < -0.3 is 10.6 Å². The maximum Gasteiger partial charge on any atom is 0.319 e. The molecule has 0 aliphatic heterocycles. The third kappa shape index (κ3) is 3.99. The van der Waals surface area contributed by atoms with Crippen molar-refractivity contribution in [2.24, 2.45) is 0 Å². The fraction of sp³-hybridized carbons (Fsp3) is 0.286. The molecule has 20 heavy (non-hydrogen) atoms. The second kappa shape index (κ2) is 6.96. The average molecular weight is 293 g/mol. The summed E-state index contributed by atoms with van der Waals surface area (Å²) >= 11 is 5.82. The number of urea groups is 1. The van der Waals surface area contributed by atoms with E-state index in [1.54, 1.807) is 17.1 Å². The Bertz CT molecular complexity index is 565. The Morgan fingerprint density at radius 3 is 2.70 bits per heavy atom. The summed E-state index contributed by atoms with van der Waals surface area (Å²) in [4.78, 5) is 11.6. The van der Waals surface area contributed by atoms with E-state index in [0.29, 0.717) is 11.6 Å². The molecular formula is C14H17ClN4O. The quantitative estimate of drug-likeness (QED) is 0.829. The number of halogens is 1. The summed E-state index contributed by atoms with van der Waals surface area (Å²) in [6, 6.07) is 7.19. The third-order valence-corrected chi connectivity index (χ3v) is 2.95. The molecule has 2 N–H and O–H groups in total. The number of carbonyl (C=O) groups excluding carboxylic acids is 1. The highest BCUT2D eigenvalue weighted by Gasteiger charge is 2.02. The molecule has 0 fully saturated rings. The van der Waals surface area contributed by atoms with Crippen LogP contribution in [0.2, 0.25) is 5.02 Å². The van der Waals surface area contributed by atoms with Gasteiger partial charge in [-0.05, 0) is 30.7 Å². The van der Waals surface area contributed by atoms with Gasteiger partial charge in [0.2, 0.25) is 0 Å². The van der Waals surface area contributed by atoms with Crippen LogP contribution in [0.25, 0.3) is 5.69 Å². The monoisotopic (exact) mass is 292 g/mol. The fourth-order valence-electron chi connectivity index (χ4n) is 1.69. The standard InChI is InChI=1S/C14H17ClN4O/c1-2-3-8-16-14(20)18-12-4-6-13(7-5-12)19-10-11(15)9-17-19/h4-7,9-10H,2-3,8H2,1H3,(H2,16,18,20). The van der Waals surface area contributed by atoms with E-state index in [-0.39, 0.29) is 6.03 Å². The molecule has 1 aromatic heterocycles. The van der Waals surface area contributed by atoms with E-state index in [1.165, 1.54) is 0 Å². The molecule has 106 valence electrons. The van der Waals surface area contributed by atoms with Crippen LogP contribution < -0.4 is 10.6 Å². The lowest BCUT2D eigenvalue weighted by molar-refractivity contribution is 0.252. The lowest BCUT2D eigenvalue weighted by Gasteiger charge is -2.08. The molecule has 2 amide bonds. The zero-order valence-electron chi connectivity index (χ0n) is 11.3. The number of hydrogen-bond donors (Lipinski definition) is 2. The molecule has 1 aromatic carbocycles. The highest BCUT2D eigenvalue weighted by molar-refractivity contribution is 6.30. The van der Waals surface area contributed by atoms with Crippen LogP contribution in [0.4, 0.5) is 10.5 Å².